The second-order valence-corrected chi connectivity index (χ2v) is 3.01. The summed E-state index contributed by atoms with van der Waals surface area (Å²) in [5, 5.41) is 9.89. The van der Waals surface area contributed by atoms with Crippen LogP contribution in [0.4, 0.5) is 5.82 Å². The van der Waals surface area contributed by atoms with Gasteiger partial charge in [-0.05, 0) is 17.7 Å². The first-order valence-corrected chi connectivity index (χ1v) is 4.42. The van der Waals surface area contributed by atoms with Crippen molar-refractivity contribution in [1.29, 1.82) is 0 Å². The Labute approximate surface area is 85.5 Å². The maximum atomic E-state index is 5.62. The monoisotopic (exact) mass is 209 g/mol. The molecule has 2 N–H and O–H groups in total. The molecule has 0 aliphatic heterocycles. The van der Waals surface area contributed by atoms with Gasteiger partial charge in [0.05, 0.1) is 6.20 Å². The fourth-order valence-electron chi connectivity index (χ4n) is 1.00. The van der Waals surface area contributed by atoms with E-state index in [-0.39, 0.29) is 5.28 Å². The van der Waals surface area contributed by atoms with Crippen molar-refractivity contribution in [2.45, 2.75) is 6.54 Å². The van der Waals surface area contributed by atoms with Crippen molar-refractivity contribution in [3.05, 3.63) is 35.5 Å². The maximum Gasteiger partial charge on any atom is 0.224 e. The summed E-state index contributed by atoms with van der Waals surface area (Å²) < 4.78 is 0. The zero-order valence-electron chi connectivity index (χ0n) is 7.24. The minimum atomic E-state index is 0.238. The number of nitrogens with zero attached hydrogens (tertiary/aromatic N) is 3. The molecule has 0 saturated heterocycles. The number of hydrogen-bond acceptors (Lipinski definition) is 4. The van der Waals surface area contributed by atoms with E-state index in [4.69, 9.17) is 11.6 Å². The Morgan fingerprint density at radius 1 is 1.50 bits per heavy atom. The molecule has 0 aliphatic rings. The summed E-state index contributed by atoms with van der Waals surface area (Å²) in [6.45, 7) is 0.657. The van der Waals surface area contributed by atoms with Gasteiger partial charge in [-0.1, -0.05) is 0 Å². The molecule has 2 aromatic rings. The molecule has 2 aromatic heterocycles. The van der Waals surface area contributed by atoms with Gasteiger partial charge in [-0.3, -0.25) is 5.10 Å². The van der Waals surface area contributed by atoms with Crippen molar-refractivity contribution in [1.82, 2.24) is 20.2 Å². The molecule has 0 fully saturated rings. The molecule has 5 nitrogen and oxygen atoms in total. The normalized spacial score (nSPS) is 10.1. The first-order chi connectivity index (χ1) is 6.84. The van der Waals surface area contributed by atoms with Gasteiger partial charge in [-0.15, -0.1) is 0 Å². The number of rotatable bonds is 3. The third-order valence-electron chi connectivity index (χ3n) is 1.65. The number of anilines is 1. The van der Waals surface area contributed by atoms with Crippen LogP contribution in [-0.4, -0.2) is 20.2 Å². The molecule has 0 radical (unpaired) electrons. The Kier molecular flexibility index (Phi) is 2.60. The van der Waals surface area contributed by atoms with E-state index in [1.165, 1.54) is 0 Å². The fraction of sp³-hybridized carbons (Fsp3) is 0.125. The summed E-state index contributed by atoms with van der Waals surface area (Å²) in [5.41, 5.74) is 1.06. The van der Waals surface area contributed by atoms with Gasteiger partial charge < -0.3 is 5.32 Å². The van der Waals surface area contributed by atoms with Crippen molar-refractivity contribution in [3.8, 4) is 0 Å². The van der Waals surface area contributed by atoms with E-state index in [1.807, 2.05) is 6.20 Å². The van der Waals surface area contributed by atoms with Gasteiger partial charge in [0, 0.05) is 24.5 Å². The first-order valence-electron chi connectivity index (χ1n) is 4.04. The van der Waals surface area contributed by atoms with Crippen LogP contribution in [0.3, 0.4) is 0 Å². The van der Waals surface area contributed by atoms with Gasteiger partial charge in [0.1, 0.15) is 5.82 Å². The Bertz CT molecular complexity index is 400. The molecule has 2 heterocycles. The zero-order chi connectivity index (χ0) is 9.80. The molecule has 0 bridgehead atoms. The fourth-order valence-corrected chi connectivity index (χ4v) is 1.15. The molecule has 0 atom stereocenters. The number of aromatic nitrogens is 4. The molecule has 0 spiro atoms. The van der Waals surface area contributed by atoms with Crippen LogP contribution in [0.1, 0.15) is 5.56 Å². The van der Waals surface area contributed by atoms with Crippen LogP contribution in [0, 0.1) is 0 Å². The van der Waals surface area contributed by atoms with Gasteiger partial charge in [0.25, 0.3) is 0 Å². The quantitative estimate of drug-likeness (QED) is 0.752. The van der Waals surface area contributed by atoms with Crippen LogP contribution in [-0.2, 0) is 6.54 Å². The van der Waals surface area contributed by atoms with Crippen molar-refractivity contribution in [2.75, 3.05) is 5.32 Å². The second kappa shape index (κ2) is 4.06. The van der Waals surface area contributed by atoms with Crippen LogP contribution in [0.15, 0.2) is 24.7 Å². The molecule has 0 amide bonds. The Morgan fingerprint density at radius 2 is 2.43 bits per heavy atom. The van der Waals surface area contributed by atoms with Crippen molar-refractivity contribution in [2.24, 2.45) is 0 Å². The molecular formula is C8H8ClN5. The van der Waals surface area contributed by atoms with Gasteiger partial charge >= 0.3 is 0 Å². The molecule has 0 aromatic carbocycles. The van der Waals surface area contributed by atoms with Gasteiger partial charge in [-0.2, -0.15) is 5.10 Å². The van der Waals surface area contributed by atoms with Crippen molar-refractivity contribution >= 4 is 17.4 Å². The molecule has 14 heavy (non-hydrogen) atoms. The summed E-state index contributed by atoms with van der Waals surface area (Å²) in [5.74, 6) is 0.700. The summed E-state index contributed by atoms with van der Waals surface area (Å²) in [6, 6.07) is 1.76. The third-order valence-corrected chi connectivity index (χ3v) is 1.84. The number of hydrogen-bond donors (Lipinski definition) is 2. The molecule has 72 valence electrons. The lowest BCUT2D eigenvalue weighted by atomic mass is 10.3. The molecule has 0 saturated carbocycles. The standard InChI is InChI=1S/C8H8ClN5/c9-8-10-2-1-7(14-8)11-3-6-4-12-13-5-6/h1-2,4-5H,3H2,(H,12,13)(H,10,11,14). The van der Waals surface area contributed by atoms with E-state index in [9.17, 15) is 0 Å². The zero-order valence-corrected chi connectivity index (χ0v) is 7.99. The predicted molar refractivity (Wildman–Crippen MR) is 53.0 cm³/mol. The predicted octanol–water partition coefficient (Wildman–Crippen LogP) is 1.47. The lowest BCUT2D eigenvalue weighted by Gasteiger charge is -2.02. The smallest absolute Gasteiger partial charge is 0.224 e. The van der Waals surface area contributed by atoms with E-state index in [2.05, 4.69) is 25.5 Å². The minimum Gasteiger partial charge on any atom is -0.366 e. The number of aromatic amines is 1. The van der Waals surface area contributed by atoms with Crippen LogP contribution in [0.2, 0.25) is 5.28 Å². The highest BCUT2D eigenvalue weighted by molar-refractivity contribution is 6.28. The lowest BCUT2D eigenvalue weighted by Crippen LogP contribution is -2.00. The number of halogens is 1. The number of nitrogens with one attached hydrogen (secondary N) is 2. The third kappa shape index (κ3) is 2.20. The van der Waals surface area contributed by atoms with Crippen molar-refractivity contribution < 1.29 is 0 Å². The minimum absolute atomic E-state index is 0.238. The summed E-state index contributed by atoms with van der Waals surface area (Å²) in [6.07, 6.45) is 5.17. The van der Waals surface area contributed by atoms with Crippen LogP contribution in [0.5, 0.6) is 0 Å². The highest BCUT2D eigenvalue weighted by atomic mass is 35.5. The Hall–Kier alpha value is -1.62. The Morgan fingerprint density at radius 3 is 3.14 bits per heavy atom. The lowest BCUT2D eigenvalue weighted by molar-refractivity contribution is 1.08. The second-order valence-electron chi connectivity index (χ2n) is 2.67. The maximum absolute atomic E-state index is 5.62. The van der Waals surface area contributed by atoms with E-state index in [1.54, 1.807) is 18.5 Å². The molecule has 0 aliphatic carbocycles. The van der Waals surface area contributed by atoms with E-state index < -0.39 is 0 Å². The highest BCUT2D eigenvalue weighted by Gasteiger charge is 1.97. The van der Waals surface area contributed by atoms with Crippen molar-refractivity contribution in [3.63, 3.8) is 0 Å². The van der Waals surface area contributed by atoms with E-state index in [0.29, 0.717) is 12.4 Å². The molecule has 0 unspecified atom stereocenters. The summed E-state index contributed by atoms with van der Waals surface area (Å²) in [7, 11) is 0. The summed E-state index contributed by atoms with van der Waals surface area (Å²) in [4.78, 5) is 7.77. The Balaban J connectivity index is 1.98. The SMILES string of the molecule is Clc1nccc(NCc2cn[nH]c2)n1. The molecular weight excluding hydrogens is 202 g/mol. The van der Waals surface area contributed by atoms with Crippen LogP contribution in [0.25, 0.3) is 0 Å². The van der Waals surface area contributed by atoms with Crippen LogP contribution < -0.4 is 5.32 Å². The van der Waals surface area contributed by atoms with E-state index >= 15 is 0 Å². The first kappa shape index (κ1) is 8.96. The average molecular weight is 210 g/mol. The largest absolute Gasteiger partial charge is 0.366 e. The molecule has 2 rings (SSSR count). The average Bonchev–Trinajstić information content (AvgIpc) is 2.67. The highest BCUT2D eigenvalue weighted by Crippen LogP contribution is 2.07. The number of H-pyrrole nitrogens is 1. The van der Waals surface area contributed by atoms with Gasteiger partial charge in [-0.25, -0.2) is 9.97 Å². The summed E-state index contributed by atoms with van der Waals surface area (Å²) >= 11 is 5.62. The molecule has 6 heteroatoms. The topological polar surface area (TPSA) is 66.5 Å². The van der Waals surface area contributed by atoms with Gasteiger partial charge in [0.15, 0.2) is 0 Å². The van der Waals surface area contributed by atoms with Gasteiger partial charge in [0.2, 0.25) is 5.28 Å². The van der Waals surface area contributed by atoms with Crippen LogP contribution >= 0.6 is 11.6 Å². The van der Waals surface area contributed by atoms with E-state index in [0.717, 1.165) is 5.56 Å².